The van der Waals surface area contributed by atoms with Crippen LogP contribution < -0.4 is 0 Å². The largest absolute Gasteiger partial charge is 0.465 e. The Morgan fingerprint density at radius 3 is 2.12 bits per heavy atom. The SMILES string of the molecule is CC(=O)OC[C@]12[C@H](OC(C)=O)[C@H](OC(C)=O)[C@@H]3[C@H](OC(C)=O)C14O[C@@]3(C)COC(=O)c1cccnc1CCC(C)C(=O)O[C@@H]([C@H](OC(=O)c1ccccc1)[C@@H]2O)[C@]4(C)O. The Morgan fingerprint density at radius 2 is 1.49 bits per heavy atom. The molecule has 0 amide bonds. The third-order valence-corrected chi connectivity index (χ3v) is 11.8. The highest BCUT2D eigenvalue weighted by molar-refractivity contribution is 5.91. The molecule has 2 N–H and O–H groups in total. The number of hydrogen-bond donors (Lipinski definition) is 2. The van der Waals surface area contributed by atoms with Crippen LogP contribution in [0, 0.1) is 17.3 Å². The third-order valence-electron chi connectivity index (χ3n) is 11.8. The molecule has 3 fully saturated rings. The Kier molecular flexibility index (Phi) is 11.7. The highest BCUT2D eigenvalue weighted by atomic mass is 16.7. The highest BCUT2D eigenvalue weighted by Gasteiger charge is 2.91. The molecule has 18 heteroatoms. The number of cyclic esters (lactones) is 1. The van der Waals surface area contributed by atoms with E-state index >= 15 is 0 Å². The molecule has 2 saturated carbocycles. The second kappa shape index (κ2) is 16.0. The highest BCUT2D eigenvalue weighted by Crippen LogP contribution is 2.69. The normalized spacial score (nSPS) is 36.3. The number of hydrogen-bond acceptors (Lipinski definition) is 18. The topological polar surface area (TPSA) is 247 Å². The molecule has 2 aliphatic heterocycles. The zero-order valence-electron chi connectivity index (χ0n) is 33.5. The fourth-order valence-electron chi connectivity index (χ4n) is 9.41. The summed E-state index contributed by atoms with van der Waals surface area (Å²) in [6.07, 6.45) is -10.6. The van der Waals surface area contributed by atoms with Crippen molar-refractivity contribution in [1.82, 2.24) is 4.98 Å². The molecule has 4 bridgehead atoms. The van der Waals surface area contributed by atoms with Crippen molar-refractivity contribution >= 4 is 41.8 Å². The first kappa shape index (κ1) is 43.1. The second-order valence-corrected chi connectivity index (χ2v) is 15.8. The van der Waals surface area contributed by atoms with Crippen LogP contribution in [0.15, 0.2) is 48.7 Å². The molecule has 12 atom stereocenters. The van der Waals surface area contributed by atoms with Crippen LogP contribution in [-0.4, -0.2) is 124 Å². The van der Waals surface area contributed by atoms with E-state index in [-0.39, 0.29) is 29.7 Å². The van der Waals surface area contributed by atoms with Crippen LogP contribution in [0.5, 0.6) is 0 Å². The van der Waals surface area contributed by atoms with Gasteiger partial charge in [0.2, 0.25) is 0 Å². The minimum Gasteiger partial charge on any atom is -0.465 e. The lowest BCUT2D eigenvalue weighted by Gasteiger charge is -2.67. The zero-order chi connectivity index (χ0) is 43.2. The molecule has 1 aromatic heterocycles. The summed E-state index contributed by atoms with van der Waals surface area (Å²) in [5.41, 5.74) is -9.93. The van der Waals surface area contributed by atoms with Crippen molar-refractivity contribution in [2.45, 2.75) is 115 Å². The lowest BCUT2D eigenvalue weighted by molar-refractivity contribution is -0.385. The number of aromatic nitrogens is 1. The van der Waals surface area contributed by atoms with Gasteiger partial charge in [0.25, 0.3) is 0 Å². The van der Waals surface area contributed by atoms with E-state index in [1.54, 1.807) is 6.07 Å². The van der Waals surface area contributed by atoms with Crippen molar-refractivity contribution in [1.29, 1.82) is 0 Å². The number of aryl methyl sites for hydroxylation is 1. The molecule has 6 rings (SSSR count). The van der Waals surface area contributed by atoms with Gasteiger partial charge in [-0.2, -0.15) is 0 Å². The van der Waals surface area contributed by atoms with Gasteiger partial charge in [0, 0.05) is 33.9 Å². The van der Waals surface area contributed by atoms with Crippen LogP contribution in [0.25, 0.3) is 0 Å². The summed E-state index contributed by atoms with van der Waals surface area (Å²) in [6, 6.07) is 10.5. The quantitative estimate of drug-likeness (QED) is 0.297. The lowest BCUT2D eigenvalue weighted by Crippen LogP contribution is -2.89. The second-order valence-electron chi connectivity index (χ2n) is 15.8. The fraction of sp³-hybridized carbons (Fsp3) is 0.561. The van der Waals surface area contributed by atoms with E-state index in [4.69, 9.17) is 37.9 Å². The maximum atomic E-state index is 14.2. The summed E-state index contributed by atoms with van der Waals surface area (Å²) in [4.78, 5) is 98.6. The Hall–Kier alpha value is -5.46. The molecule has 59 heavy (non-hydrogen) atoms. The Bertz CT molecular complexity index is 2020. The standard InChI is InChI=1S/C41H47NO17/c1-20-15-16-27-26(14-11-17-42-27)37(50)53-18-38(6)28-29(54-22(3)44)34(56-24(5)46)40(19-52-21(2)43)31(47)30(57-36(49)25-12-9-8-10-13-25)33(58-35(20)48)39(7,51)41(40,59-38)32(28)55-23(4)45/h8-14,17,20,28-34,47,51H,15-16,18-19H2,1-7H3/t20?,28-,29-,30-,31+,32+,33+,34-,38+,39+,40+,41?/m1/s1. The molecule has 1 saturated heterocycles. The molecule has 2 unspecified atom stereocenters. The molecule has 4 aliphatic rings. The average Bonchev–Trinajstić information content (AvgIpc) is 3.39. The number of rotatable bonds is 7. The number of carbonyl (C=O) groups is 7. The van der Waals surface area contributed by atoms with Crippen LogP contribution in [0.1, 0.15) is 81.3 Å². The molecule has 1 aromatic carbocycles. The molecular weight excluding hydrogens is 778 g/mol. The lowest BCUT2D eigenvalue weighted by atomic mass is 9.45. The Morgan fingerprint density at radius 1 is 0.847 bits per heavy atom. The molecule has 1 spiro atoms. The summed E-state index contributed by atoms with van der Waals surface area (Å²) >= 11 is 0. The van der Waals surface area contributed by atoms with Crippen molar-refractivity contribution < 1.29 is 81.7 Å². The van der Waals surface area contributed by atoms with Gasteiger partial charge >= 0.3 is 41.8 Å². The number of nitrogens with zero attached hydrogens (tertiary/aromatic N) is 1. The van der Waals surface area contributed by atoms with Crippen molar-refractivity contribution in [3.63, 3.8) is 0 Å². The van der Waals surface area contributed by atoms with E-state index < -0.39 is 126 Å². The van der Waals surface area contributed by atoms with Crippen molar-refractivity contribution in [2.24, 2.45) is 17.3 Å². The maximum absolute atomic E-state index is 14.2. The predicted octanol–water partition coefficient (Wildman–Crippen LogP) is 1.59. The van der Waals surface area contributed by atoms with Gasteiger partial charge in [0.05, 0.1) is 28.7 Å². The minimum absolute atomic E-state index is 0.0287. The average molecular weight is 826 g/mol. The molecule has 2 aromatic rings. The number of esters is 7. The first-order valence-corrected chi connectivity index (χ1v) is 19.0. The van der Waals surface area contributed by atoms with E-state index in [9.17, 15) is 43.8 Å². The summed E-state index contributed by atoms with van der Waals surface area (Å²) in [5.74, 6) is -9.39. The van der Waals surface area contributed by atoms with E-state index in [0.29, 0.717) is 0 Å². The summed E-state index contributed by atoms with van der Waals surface area (Å²) in [6.45, 7) is 6.28. The zero-order valence-corrected chi connectivity index (χ0v) is 33.5. The minimum atomic E-state index is -2.81. The number of aliphatic hydroxyl groups is 2. The summed E-state index contributed by atoms with van der Waals surface area (Å²) in [5, 5.41) is 26.5. The fourth-order valence-corrected chi connectivity index (χ4v) is 9.41. The first-order valence-electron chi connectivity index (χ1n) is 19.0. The Labute approximate surface area is 338 Å². The van der Waals surface area contributed by atoms with Gasteiger partial charge in [0.15, 0.2) is 23.9 Å². The van der Waals surface area contributed by atoms with Crippen molar-refractivity contribution in [2.75, 3.05) is 13.2 Å². The summed E-state index contributed by atoms with van der Waals surface area (Å²) in [7, 11) is 0. The van der Waals surface area contributed by atoms with E-state index in [1.807, 2.05) is 0 Å². The number of aliphatic hydroxyl groups excluding tert-OH is 1. The number of benzene rings is 1. The third kappa shape index (κ3) is 7.20. The van der Waals surface area contributed by atoms with Crippen molar-refractivity contribution in [3.8, 4) is 0 Å². The van der Waals surface area contributed by atoms with Gasteiger partial charge in [-0.1, -0.05) is 25.1 Å². The van der Waals surface area contributed by atoms with Gasteiger partial charge in [-0.25, -0.2) is 9.59 Å². The van der Waals surface area contributed by atoms with E-state index in [0.717, 1.165) is 34.6 Å². The van der Waals surface area contributed by atoms with Gasteiger partial charge in [-0.15, -0.1) is 0 Å². The molecule has 318 valence electrons. The van der Waals surface area contributed by atoms with Gasteiger partial charge in [0.1, 0.15) is 48.1 Å². The first-order chi connectivity index (χ1) is 27.7. The molecule has 2 aliphatic carbocycles. The maximum Gasteiger partial charge on any atom is 0.340 e. The predicted molar refractivity (Wildman–Crippen MR) is 196 cm³/mol. The van der Waals surface area contributed by atoms with Crippen LogP contribution in [0.4, 0.5) is 0 Å². The number of carbonyl (C=O) groups excluding carboxylic acids is 7. The number of ether oxygens (including phenoxy) is 8. The van der Waals surface area contributed by atoms with Gasteiger partial charge in [-0.3, -0.25) is 29.0 Å². The van der Waals surface area contributed by atoms with Crippen LogP contribution in [0.2, 0.25) is 0 Å². The van der Waals surface area contributed by atoms with Crippen LogP contribution in [-0.2, 0) is 68.3 Å². The van der Waals surface area contributed by atoms with E-state index in [2.05, 4.69) is 4.98 Å². The smallest absolute Gasteiger partial charge is 0.340 e. The number of fused-ring (bicyclic) bond motifs is 5. The molecule has 0 radical (unpaired) electrons. The van der Waals surface area contributed by atoms with Crippen molar-refractivity contribution in [3.05, 3.63) is 65.5 Å². The van der Waals surface area contributed by atoms with Gasteiger partial charge < -0.3 is 48.1 Å². The van der Waals surface area contributed by atoms with Gasteiger partial charge in [-0.05, 0) is 51.0 Å². The monoisotopic (exact) mass is 825 g/mol. The molecular formula is C41H47NO17. The van der Waals surface area contributed by atoms with Crippen LogP contribution in [0.3, 0.4) is 0 Å². The molecule has 18 nitrogen and oxygen atoms in total. The van der Waals surface area contributed by atoms with Crippen LogP contribution >= 0.6 is 0 Å². The Balaban J connectivity index is 1.72. The number of pyridine rings is 1. The molecule has 3 heterocycles. The van der Waals surface area contributed by atoms with E-state index in [1.165, 1.54) is 56.4 Å². The summed E-state index contributed by atoms with van der Waals surface area (Å²) < 4.78 is 48.4.